The minimum absolute atomic E-state index is 0.102. The van der Waals surface area contributed by atoms with E-state index in [-0.39, 0.29) is 16.8 Å². The lowest BCUT2D eigenvalue weighted by Crippen LogP contribution is -2.37. The van der Waals surface area contributed by atoms with Gasteiger partial charge in [0.05, 0.1) is 4.90 Å². The lowest BCUT2D eigenvalue weighted by molar-refractivity contribution is 0.0937. The molecule has 1 N–H and O–H groups in total. The maximum Gasteiger partial charge on any atom is 0.251 e. The van der Waals surface area contributed by atoms with E-state index in [2.05, 4.69) is 22.3 Å². The van der Waals surface area contributed by atoms with E-state index in [1.54, 1.807) is 12.1 Å². The lowest BCUT2D eigenvalue weighted by atomic mass is 10.2. The molecule has 1 saturated heterocycles. The van der Waals surface area contributed by atoms with E-state index >= 15 is 0 Å². The van der Waals surface area contributed by atoms with Crippen molar-refractivity contribution in [3.8, 4) is 0 Å². The van der Waals surface area contributed by atoms with Gasteiger partial charge in [-0.15, -0.1) is 0 Å². The Bertz CT molecular complexity index is 910. The first-order chi connectivity index (χ1) is 13.9. The second-order valence-electron chi connectivity index (χ2n) is 7.29. The largest absolute Gasteiger partial charge is 0.348 e. The van der Waals surface area contributed by atoms with Crippen LogP contribution in [0.3, 0.4) is 0 Å². The molecule has 0 bridgehead atoms. The van der Waals surface area contributed by atoms with E-state index in [4.69, 9.17) is 0 Å². The predicted molar refractivity (Wildman–Crippen MR) is 114 cm³/mol. The Morgan fingerprint density at radius 2 is 1.72 bits per heavy atom. The van der Waals surface area contributed by atoms with Crippen LogP contribution >= 0.6 is 0 Å². The van der Waals surface area contributed by atoms with Gasteiger partial charge in [0.15, 0.2) is 0 Å². The molecule has 1 fully saturated rings. The minimum Gasteiger partial charge on any atom is -0.348 e. The number of nitrogens with zero attached hydrogens (tertiary/aromatic N) is 2. The topological polar surface area (TPSA) is 69.7 Å². The quantitative estimate of drug-likeness (QED) is 0.720. The molecule has 6 nitrogen and oxygen atoms in total. The second kappa shape index (κ2) is 9.52. The van der Waals surface area contributed by atoms with Gasteiger partial charge in [0, 0.05) is 44.3 Å². The van der Waals surface area contributed by atoms with Gasteiger partial charge in [-0.3, -0.25) is 9.69 Å². The molecular weight excluding hydrogens is 386 g/mol. The molecule has 2 aromatic carbocycles. The standard InChI is InChI=1S/C22H29N3O3S/c1-3-25(4-2)29(27,28)21-12-10-19(11-13-21)22(26)23-20-14-15-24(17-20)16-18-8-6-5-7-9-18/h5-13,20H,3-4,14-17H2,1-2H3,(H,23,26). The van der Waals surface area contributed by atoms with Gasteiger partial charge in [0.1, 0.15) is 0 Å². The number of likely N-dealkylation sites (tertiary alicyclic amines) is 1. The highest BCUT2D eigenvalue weighted by Crippen LogP contribution is 2.17. The lowest BCUT2D eigenvalue weighted by Gasteiger charge is -2.19. The summed E-state index contributed by atoms with van der Waals surface area (Å²) in [5.41, 5.74) is 1.74. The fourth-order valence-corrected chi connectivity index (χ4v) is 5.15. The maximum atomic E-state index is 12.6. The Morgan fingerprint density at radius 1 is 1.07 bits per heavy atom. The molecule has 0 spiro atoms. The molecule has 0 saturated carbocycles. The summed E-state index contributed by atoms with van der Waals surface area (Å²) in [6.07, 6.45) is 0.910. The van der Waals surface area contributed by atoms with Crippen molar-refractivity contribution in [2.75, 3.05) is 26.2 Å². The van der Waals surface area contributed by atoms with Crippen molar-refractivity contribution in [3.05, 3.63) is 65.7 Å². The van der Waals surface area contributed by atoms with Crippen LogP contribution in [0.5, 0.6) is 0 Å². The zero-order chi connectivity index (χ0) is 20.9. The Morgan fingerprint density at radius 3 is 2.34 bits per heavy atom. The van der Waals surface area contributed by atoms with Gasteiger partial charge in [-0.1, -0.05) is 44.2 Å². The monoisotopic (exact) mass is 415 g/mol. The van der Waals surface area contributed by atoms with Gasteiger partial charge in [-0.25, -0.2) is 8.42 Å². The molecule has 1 aliphatic rings. The summed E-state index contributed by atoms with van der Waals surface area (Å²) >= 11 is 0. The number of amides is 1. The van der Waals surface area contributed by atoms with Crippen molar-refractivity contribution in [1.29, 1.82) is 0 Å². The molecule has 1 amide bonds. The third-order valence-corrected chi connectivity index (χ3v) is 7.38. The van der Waals surface area contributed by atoms with Gasteiger partial charge < -0.3 is 5.32 Å². The first-order valence-corrected chi connectivity index (χ1v) is 11.6. The zero-order valence-electron chi connectivity index (χ0n) is 17.0. The third-order valence-electron chi connectivity index (χ3n) is 5.32. The number of benzene rings is 2. The molecule has 1 heterocycles. The number of carbonyl (C=O) groups excluding carboxylic acids is 1. The zero-order valence-corrected chi connectivity index (χ0v) is 17.9. The van der Waals surface area contributed by atoms with Crippen LogP contribution in [0.1, 0.15) is 36.2 Å². The van der Waals surface area contributed by atoms with Crippen molar-refractivity contribution in [3.63, 3.8) is 0 Å². The third kappa shape index (κ3) is 5.23. The molecule has 1 aliphatic heterocycles. The smallest absolute Gasteiger partial charge is 0.251 e. The average Bonchev–Trinajstić information content (AvgIpc) is 3.16. The van der Waals surface area contributed by atoms with E-state index in [0.717, 1.165) is 26.1 Å². The molecule has 0 aromatic heterocycles. The SMILES string of the molecule is CCN(CC)S(=O)(=O)c1ccc(C(=O)NC2CCN(Cc3ccccc3)C2)cc1. The normalized spacial score (nSPS) is 17.6. The number of nitrogens with one attached hydrogen (secondary N) is 1. The van der Waals surface area contributed by atoms with Crippen LogP contribution in [0.15, 0.2) is 59.5 Å². The van der Waals surface area contributed by atoms with Crippen molar-refractivity contribution in [2.24, 2.45) is 0 Å². The molecule has 29 heavy (non-hydrogen) atoms. The molecule has 1 unspecified atom stereocenters. The van der Waals surface area contributed by atoms with Crippen LogP contribution < -0.4 is 5.32 Å². The summed E-state index contributed by atoms with van der Waals surface area (Å²) in [6, 6.07) is 16.6. The van der Waals surface area contributed by atoms with E-state index in [1.807, 2.05) is 32.0 Å². The van der Waals surface area contributed by atoms with E-state index in [0.29, 0.717) is 18.7 Å². The van der Waals surface area contributed by atoms with Crippen LogP contribution in [0.4, 0.5) is 0 Å². The highest BCUT2D eigenvalue weighted by atomic mass is 32.2. The molecule has 2 aromatic rings. The fourth-order valence-electron chi connectivity index (χ4n) is 3.70. The number of sulfonamides is 1. The summed E-state index contributed by atoms with van der Waals surface area (Å²) in [5.74, 6) is -0.164. The summed E-state index contributed by atoms with van der Waals surface area (Å²) < 4.78 is 26.5. The first kappa shape index (κ1) is 21.5. The van der Waals surface area contributed by atoms with Crippen LogP contribution in [0.25, 0.3) is 0 Å². The maximum absolute atomic E-state index is 12.6. The Balaban J connectivity index is 1.57. The van der Waals surface area contributed by atoms with Gasteiger partial charge in [-0.2, -0.15) is 4.31 Å². The molecule has 0 radical (unpaired) electrons. The van der Waals surface area contributed by atoms with E-state index < -0.39 is 10.0 Å². The predicted octanol–water partition coefficient (Wildman–Crippen LogP) is 2.72. The number of hydrogen-bond donors (Lipinski definition) is 1. The number of carbonyl (C=O) groups is 1. The van der Waals surface area contributed by atoms with Gasteiger partial charge >= 0.3 is 0 Å². The number of rotatable bonds is 8. The van der Waals surface area contributed by atoms with Crippen molar-refractivity contribution < 1.29 is 13.2 Å². The molecule has 1 atom stereocenters. The molecular formula is C22H29N3O3S. The molecule has 156 valence electrons. The Hall–Kier alpha value is -2.22. The van der Waals surface area contributed by atoms with Crippen LogP contribution in [0, 0.1) is 0 Å². The highest BCUT2D eigenvalue weighted by molar-refractivity contribution is 7.89. The molecule has 7 heteroatoms. The Labute approximate surface area is 173 Å². The fraction of sp³-hybridized carbons (Fsp3) is 0.409. The molecule has 0 aliphatic carbocycles. The highest BCUT2D eigenvalue weighted by Gasteiger charge is 2.25. The summed E-state index contributed by atoms with van der Waals surface area (Å²) in [7, 11) is -3.51. The minimum atomic E-state index is -3.51. The summed E-state index contributed by atoms with van der Waals surface area (Å²) in [5, 5.41) is 3.07. The molecule has 3 rings (SSSR count). The second-order valence-corrected chi connectivity index (χ2v) is 9.23. The Kier molecular flexibility index (Phi) is 7.05. The number of hydrogen-bond acceptors (Lipinski definition) is 4. The van der Waals surface area contributed by atoms with Crippen molar-refractivity contribution in [2.45, 2.75) is 37.8 Å². The van der Waals surface area contributed by atoms with Gasteiger partial charge in [0.25, 0.3) is 5.91 Å². The summed E-state index contributed by atoms with van der Waals surface area (Å²) in [4.78, 5) is 15.1. The van der Waals surface area contributed by atoms with Crippen molar-refractivity contribution in [1.82, 2.24) is 14.5 Å². The van der Waals surface area contributed by atoms with Crippen LogP contribution in [-0.2, 0) is 16.6 Å². The average molecular weight is 416 g/mol. The van der Waals surface area contributed by atoms with Gasteiger partial charge in [0.2, 0.25) is 10.0 Å². The first-order valence-electron chi connectivity index (χ1n) is 10.1. The van der Waals surface area contributed by atoms with Crippen LogP contribution in [-0.4, -0.2) is 55.8 Å². The summed E-state index contributed by atoms with van der Waals surface area (Å²) in [6.45, 7) is 7.10. The van der Waals surface area contributed by atoms with E-state index in [9.17, 15) is 13.2 Å². The van der Waals surface area contributed by atoms with Gasteiger partial charge in [-0.05, 0) is 36.2 Å². The van der Waals surface area contributed by atoms with Crippen molar-refractivity contribution >= 4 is 15.9 Å². The van der Waals surface area contributed by atoms with Crippen LogP contribution in [0.2, 0.25) is 0 Å². The van der Waals surface area contributed by atoms with E-state index in [1.165, 1.54) is 22.0 Å².